The van der Waals surface area contributed by atoms with Gasteiger partial charge in [-0.25, -0.2) is 0 Å². The number of ether oxygens (including phenoxy) is 2. The largest absolute Gasteiger partial charge is 0.497 e. The minimum Gasteiger partial charge on any atom is -0.497 e. The van der Waals surface area contributed by atoms with Crippen LogP contribution in [0.5, 0.6) is 5.75 Å². The molecular formula is C19H22N2O2. The molecule has 0 N–H and O–H groups in total. The Morgan fingerprint density at radius 1 is 1.09 bits per heavy atom. The summed E-state index contributed by atoms with van der Waals surface area (Å²) >= 11 is 0. The number of benzene rings is 2. The highest BCUT2D eigenvalue weighted by molar-refractivity contribution is 5.84. The zero-order chi connectivity index (χ0) is 16.1. The Hall–Kier alpha value is -2.33. The van der Waals surface area contributed by atoms with Gasteiger partial charge in [0.1, 0.15) is 5.75 Å². The molecule has 2 aromatic carbocycles. The molecule has 0 unspecified atom stereocenters. The third kappa shape index (κ3) is 3.90. The summed E-state index contributed by atoms with van der Waals surface area (Å²) in [6.07, 6.45) is 1.90. The molecule has 1 heterocycles. The van der Waals surface area contributed by atoms with Crippen molar-refractivity contribution < 1.29 is 9.47 Å². The van der Waals surface area contributed by atoms with E-state index >= 15 is 0 Å². The van der Waals surface area contributed by atoms with Crippen molar-refractivity contribution in [3.63, 3.8) is 0 Å². The van der Waals surface area contributed by atoms with Crippen LogP contribution in [0, 0.1) is 6.92 Å². The number of methoxy groups -OCH3 is 1. The summed E-state index contributed by atoms with van der Waals surface area (Å²) in [5.41, 5.74) is 4.44. The normalized spacial score (nSPS) is 15.1. The van der Waals surface area contributed by atoms with E-state index in [0.717, 1.165) is 48.9 Å². The van der Waals surface area contributed by atoms with Gasteiger partial charge in [-0.1, -0.05) is 0 Å². The Morgan fingerprint density at radius 3 is 2.48 bits per heavy atom. The number of anilines is 1. The highest BCUT2D eigenvalue weighted by atomic mass is 16.5. The van der Waals surface area contributed by atoms with Crippen LogP contribution in [-0.4, -0.2) is 39.6 Å². The predicted octanol–water partition coefficient (Wildman–Crippen LogP) is 3.59. The first-order valence-electron chi connectivity index (χ1n) is 7.88. The summed E-state index contributed by atoms with van der Waals surface area (Å²) < 4.78 is 10.6. The van der Waals surface area contributed by atoms with E-state index in [4.69, 9.17) is 9.47 Å². The van der Waals surface area contributed by atoms with E-state index in [1.807, 2.05) is 24.4 Å². The Bertz CT molecular complexity index is 674. The van der Waals surface area contributed by atoms with Gasteiger partial charge in [0.2, 0.25) is 0 Å². The van der Waals surface area contributed by atoms with Crippen LogP contribution >= 0.6 is 0 Å². The first kappa shape index (κ1) is 15.6. The van der Waals surface area contributed by atoms with Crippen LogP contribution in [0.2, 0.25) is 0 Å². The molecular weight excluding hydrogens is 288 g/mol. The fourth-order valence-corrected chi connectivity index (χ4v) is 2.64. The molecule has 1 aliphatic heterocycles. The molecule has 0 saturated carbocycles. The number of aliphatic imine (C=N–C) groups is 1. The van der Waals surface area contributed by atoms with Crippen molar-refractivity contribution in [1.29, 1.82) is 0 Å². The van der Waals surface area contributed by atoms with Crippen molar-refractivity contribution in [2.75, 3.05) is 38.3 Å². The Kier molecular flexibility index (Phi) is 4.93. The van der Waals surface area contributed by atoms with E-state index < -0.39 is 0 Å². The Balaban J connectivity index is 1.70. The van der Waals surface area contributed by atoms with Gasteiger partial charge in [0.05, 0.1) is 26.0 Å². The van der Waals surface area contributed by atoms with E-state index in [1.165, 1.54) is 5.69 Å². The monoisotopic (exact) mass is 310 g/mol. The minimum absolute atomic E-state index is 0.802. The molecule has 2 aromatic rings. The van der Waals surface area contributed by atoms with Gasteiger partial charge in [0.25, 0.3) is 0 Å². The molecule has 3 rings (SSSR count). The van der Waals surface area contributed by atoms with Gasteiger partial charge in [-0.15, -0.1) is 0 Å². The molecule has 1 aliphatic rings. The second-order valence-electron chi connectivity index (χ2n) is 5.60. The highest BCUT2D eigenvalue weighted by Gasteiger charge is 2.10. The zero-order valence-electron chi connectivity index (χ0n) is 13.7. The van der Waals surface area contributed by atoms with Crippen LogP contribution in [0.1, 0.15) is 11.1 Å². The molecule has 4 nitrogen and oxygen atoms in total. The summed E-state index contributed by atoms with van der Waals surface area (Å²) in [4.78, 5) is 6.91. The van der Waals surface area contributed by atoms with E-state index in [2.05, 4.69) is 41.1 Å². The van der Waals surface area contributed by atoms with Gasteiger partial charge in [-0.2, -0.15) is 0 Å². The number of aryl methyl sites for hydroxylation is 1. The van der Waals surface area contributed by atoms with Crippen molar-refractivity contribution in [3.05, 3.63) is 53.6 Å². The van der Waals surface area contributed by atoms with Gasteiger partial charge in [-0.05, 0) is 60.5 Å². The second kappa shape index (κ2) is 7.29. The fourth-order valence-electron chi connectivity index (χ4n) is 2.64. The first-order valence-corrected chi connectivity index (χ1v) is 7.88. The van der Waals surface area contributed by atoms with Gasteiger partial charge < -0.3 is 14.4 Å². The van der Waals surface area contributed by atoms with Gasteiger partial charge in [0.15, 0.2) is 0 Å². The van der Waals surface area contributed by atoms with E-state index in [1.54, 1.807) is 7.11 Å². The third-order valence-corrected chi connectivity index (χ3v) is 4.06. The average molecular weight is 310 g/mol. The van der Waals surface area contributed by atoms with Gasteiger partial charge >= 0.3 is 0 Å². The molecule has 1 fully saturated rings. The predicted molar refractivity (Wildman–Crippen MR) is 94.5 cm³/mol. The van der Waals surface area contributed by atoms with E-state index in [-0.39, 0.29) is 0 Å². The quantitative estimate of drug-likeness (QED) is 0.809. The molecule has 0 atom stereocenters. The lowest BCUT2D eigenvalue weighted by atomic mass is 10.1. The first-order chi connectivity index (χ1) is 11.3. The van der Waals surface area contributed by atoms with Crippen LogP contribution in [0.3, 0.4) is 0 Å². The lowest BCUT2D eigenvalue weighted by Gasteiger charge is -2.28. The molecule has 0 aliphatic carbocycles. The number of morpholine rings is 1. The second-order valence-corrected chi connectivity index (χ2v) is 5.60. The summed E-state index contributed by atoms with van der Waals surface area (Å²) in [7, 11) is 1.68. The molecule has 120 valence electrons. The maximum absolute atomic E-state index is 5.39. The summed E-state index contributed by atoms with van der Waals surface area (Å²) in [5, 5.41) is 0. The molecule has 1 saturated heterocycles. The zero-order valence-corrected chi connectivity index (χ0v) is 13.7. The summed E-state index contributed by atoms with van der Waals surface area (Å²) in [5.74, 6) is 0.870. The fraction of sp³-hybridized carbons (Fsp3) is 0.316. The molecule has 0 aromatic heterocycles. The van der Waals surface area contributed by atoms with Crippen molar-refractivity contribution in [2.45, 2.75) is 6.92 Å². The van der Waals surface area contributed by atoms with E-state index in [0.29, 0.717) is 0 Å². The molecule has 0 radical (unpaired) electrons. The Morgan fingerprint density at radius 2 is 1.83 bits per heavy atom. The van der Waals surface area contributed by atoms with Crippen molar-refractivity contribution in [1.82, 2.24) is 0 Å². The summed E-state index contributed by atoms with van der Waals surface area (Å²) in [6.45, 7) is 5.57. The van der Waals surface area contributed by atoms with E-state index in [9.17, 15) is 0 Å². The topological polar surface area (TPSA) is 34.1 Å². The number of rotatable bonds is 4. The van der Waals surface area contributed by atoms with Crippen molar-refractivity contribution in [2.24, 2.45) is 4.99 Å². The van der Waals surface area contributed by atoms with Crippen LogP contribution in [0.15, 0.2) is 47.5 Å². The van der Waals surface area contributed by atoms with Gasteiger partial charge in [0, 0.05) is 25.0 Å². The molecule has 0 amide bonds. The Labute approximate surface area is 137 Å². The molecule has 0 bridgehead atoms. The smallest absolute Gasteiger partial charge is 0.119 e. The van der Waals surface area contributed by atoms with Crippen LogP contribution < -0.4 is 9.64 Å². The SMILES string of the molecule is COc1ccc(C=Nc2ccc(N3CCOCC3)cc2)c(C)c1. The number of hydrogen-bond donors (Lipinski definition) is 0. The minimum atomic E-state index is 0.802. The van der Waals surface area contributed by atoms with Crippen LogP contribution in [0.25, 0.3) is 0 Å². The highest BCUT2D eigenvalue weighted by Crippen LogP contribution is 2.21. The van der Waals surface area contributed by atoms with Crippen LogP contribution in [-0.2, 0) is 4.74 Å². The van der Waals surface area contributed by atoms with Crippen molar-refractivity contribution >= 4 is 17.6 Å². The average Bonchev–Trinajstić information content (AvgIpc) is 2.62. The standard InChI is InChI=1S/C19H22N2O2/c1-15-13-19(22-2)8-3-16(15)14-20-17-4-6-18(7-5-17)21-9-11-23-12-10-21/h3-8,13-14H,9-12H2,1-2H3. The van der Waals surface area contributed by atoms with Gasteiger partial charge in [-0.3, -0.25) is 4.99 Å². The lowest BCUT2D eigenvalue weighted by molar-refractivity contribution is 0.122. The maximum Gasteiger partial charge on any atom is 0.119 e. The lowest BCUT2D eigenvalue weighted by Crippen LogP contribution is -2.36. The molecule has 0 spiro atoms. The molecule has 4 heteroatoms. The maximum atomic E-state index is 5.39. The summed E-state index contributed by atoms with van der Waals surface area (Å²) in [6, 6.07) is 14.4. The number of hydrogen-bond acceptors (Lipinski definition) is 4. The third-order valence-electron chi connectivity index (χ3n) is 4.06. The molecule has 23 heavy (non-hydrogen) atoms. The number of nitrogens with zero attached hydrogens (tertiary/aromatic N) is 2. The van der Waals surface area contributed by atoms with Crippen molar-refractivity contribution in [3.8, 4) is 5.75 Å². The van der Waals surface area contributed by atoms with Crippen LogP contribution in [0.4, 0.5) is 11.4 Å².